The summed E-state index contributed by atoms with van der Waals surface area (Å²) in [7, 11) is 0. The number of halogens is 1. The number of thioether (sulfide) groups is 1. The van der Waals surface area contributed by atoms with E-state index in [-0.39, 0.29) is 11.7 Å². The fourth-order valence-corrected chi connectivity index (χ4v) is 3.37. The van der Waals surface area contributed by atoms with Gasteiger partial charge in [0.25, 0.3) is 0 Å². The van der Waals surface area contributed by atoms with Crippen molar-refractivity contribution >= 4 is 33.5 Å². The average Bonchev–Trinajstić information content (AvgIpc) is 3.01. The van der Waals surface area contributed by atoms with Gasteiger partial charge >= 0.3 is 0 Å². The molecule has 0 saturated carbocycles. The number of rotatable bonds is 2. The number of aromatic nitrogens is 2. The Bertz CT molecular complexity index is 641. The number of carbonyl (C=O) groups is 1. The molecule has 1 aliphatic rings. The Balaban J connectivity index is 1.92. The lowest BCUT2D eigenvalue weighted by atomic mass is 10.1. The Morgan fingerprint density at radius 2 is 2.32 bits per heavy atom. The number of hydrogen-bond acceptors (Lipinski definition) is 5. The predicted octanol–water partition coefficient (Wildman–Crippen LogP) is 3.21. The van der Waals surface area contributed by atoms with Gasteiger partial charge in [-0.25, -0.2) is 0 Å². The van der Waals surface area contributed by atoms with Gasteiger partial charge < -0.3 is 4.52 Å². The summed E-state index contributed by atoms with van der Waals surface area (Å²) in [6, 6.07) is 5.89. The summed E-state index contributed by atoms with van der Waals surface area (Å²) in [6.45, 7) is 2.02. The lowest BCUT2D eigenvalue weighted by molar-refractivity contribution is -0.117. The van der Waals surface area contributed by atoms with Crippen molar-refractivity contribution in [3.8, 4) is 11.4 Å². The van der Waals surface area contributed by atoms with Crippen LogP contribution >= 0.6 is 27.7 Å². The first-order valence-corrected chi connectivity index (χ1v) is 7.80. The zero-order valence-corrected chi connectivity index (χ0v) is 12.6. The number of nitrogens with zero attached hydrogens (tertiary/aromatic N) is 2. The minimum atomic E-state index is -0.236. The van der Waals surface area contributed by atoms with Crippen LogP contribution in [0, 0.1) is 6.92 Å². The van der Waals surface area contributed by atoms with Gasteiger partial charge in [0.05, 0.1) is 5.75 Å². The predicted molar refractivity (Wildman–Crippen MR) is 77.2 cm³/mol. The second kappa shape index (κ2) is 5.09. The summed E-state index contributed by atoms with van der Waals surface area (Å²) in [5.41, 5.74) is 2.03. The molecule has 1 aromatic heterocycles. The molecule has 0 N–H and O–H groups in total. The maximum absolute atomic E-state index is 11.7. The minimum absolute atomic E-state index is 0.172. The molecular formula is C13H11BrN2O2S. The molecule has 4 nitrogen and oxygen atoms in total. The van der Waals surface area contributed by atoms with Crippen molar-refractivity contribution in [2.75, 3.05) is 11.5 Å². The average molecular weight is 339 g/mol. The number of Topliss-reactive ketones (excluding diaryl/α,β-unsaturated/α-hetero) is 1. The highest BCUT2D eigenvalue weighted by Gasteiger charge is 2.31. The van der Waals surface area contributed by atoms with Gasteiger partial charge in [-0.3, -0.25) is 4.79 Å². The third-order valence-corrected chi connectivity index (χ3v) is 5.00. The zero-order chi connectivity index (χ0) is 13.4. The van der Waals surface area contributed by atoms with Crippen LogP contribution in [-0.4, -0.2) is 27.4 Å². The SMILES string of the molecule is Cc1ccc(-c2noc(C3CSCC3=O)n2)cc1Br. The zero-order valence-electron chi connectivity index (χ0n) is 10.2. The van der Waals surface area contributed by atoms with Gasteiger partial charge in [0.1, 0.15) is 5.92 Å². The fraction of sp³-hybridized carbons (Fsp3) is 0.308. The molecule has 1 saturated heterocycles. The summed E-state index contributed by atoms with van der Waals surface area (Å²) < 4.78 is 6.24. The highest BCUT2D eigenvalue weighted by molar-refractivity contribution is 9.10. The maximum atomic E-state index is 11.7. The molecule has 0 aliphatic carbocycles. The number of carbonyl (C=O) groups excluding carboxylic acids is 1. The van der Waals surface area contributed by atoms with Crippen molar-refractivity contribution < 1.29 is 9.32 Å². The topological polar surface area (TPSA) is 56.0 Å². The van der Waals surface area contributed by atoms with Crippen molar-refractivity contribution in [2.45, 2.75) is 12.8 Å². The van der Waals surface area contributed by atoms with Gasteiger partial charge in [-0.05, 0) is 18.6 Å². The van der Waals surface area contributed by atoms with Gasteiger partial charge in [-0.2, -0.15) is 16.7 Å². The number of benzene rings is 1. The van der Waals surface area contributed by atoms with Crippen LogP contribution in [0.4, 0.5) is 0 Å². The minimum Gasteiger partial charge on any atom is -0.338 e. The van der Waals surface area contributed by atoms with E-state index in [0.29, 0.717) is 17.5 Å². The van der Waals surface area contributed by atoms with E-state index in [0.717, 1.165) is 21.4 Å². The van der Waals surface area contributed by atoms with E-state index in [1.54, 1.807) is 11.8 Å². The largest absolute Gasteiger partial charge is 0.338 e. The van der Waals surface area contributed by atoms with Gasteiger partial charge in [0, 0.05) is 15.8 Å². The van der Waals surface area contributed by atoms with Crippen molar-refractivity contribution in [2.24, 2.45) is 0 Å². The lowest BCUT2D eigenvalue weighted by Gasteiger charge is -2.00. The first kappa shape index (κ1) is 12.9. The second-order valence-electron chi connectivity index (χ2n) is 4.45. The summed E-state index contributed by atoms with van der Waals surface area (Å²) in [6.07, 6.45) is 0. The molecule has 1 aromatic carbocycles. The molecule has 1 fully saturated rings. The Morgan fingerprint density at radius 1 is 1.47 bits per heavy atom. The molecule has 2 heterocycles. The lowest BCUT2D eigenvalue weighted by Crippen LogP contribution is -2.09. The Kier molecular flexibility index (Phi) is 3.45. The monoisotopic (exact) mass is 338 g/mol. The van der Waals surface area contributed by atoms with Crippen LogP contribution in [0.5, 0.6) is 0 Å². The molecule has 98 valence electrons. The van der Waals surface area contributed by atoms with Crippen molar-refractivity contribution in [1.29, 1.82) is 0 Å². The molecule has 0 radical (unpaired) electrons. The summed E-state index contributed by atoms with van der Waals surface area (Å²) in [4.78, 5) is 16.0. The molecule has 0 bridgehead atoms. The second-order valence-corrected chi connectivity index (χ2v) is 6.34. The highest BCUT2D eigenvalue weighted by Crippen LogP contribution is 2.30. The third-order valence-electron chi connectivity index (χ3n) is 3.09. The summed E-state index contributed by atoms with van der Waals surface area (Å²) in [5.74, 6) is 2.17. The van der Waals surface area contributed by atoms with E-state index in [1.807, 2.05) is 25.1 Å². The van der Waals surface area contributed by atoms with Crippen LogP contribution in [0.25, 0.3) is 11.4 Å². The highest BCUT2D eigenvalue weighted by atomic mass is 79.9. The fourth-order valence-electron chi connectivity index (χ4n) is 1.91. The smallest absolute Gasteiger partial charge is 0.238 e. The number of ketones is 1. The molecule has 0 amide bonds. The van der Waals surface area contributed by atoms with Gasteiger partial charge in [0.15, 0.2) is 5.78 Å². The molecular weight excluding hydrogens is 328 g/mol. The third kappa shape index (κ3) is 2.47. The van der Waals surface area contributed by atoms with Crippen LogP contribution < -0.4 is 0 Å². The molecule has 2 aromatic rings. The molecule has 6 heteroatoms. The normalized spacial score (nSPS) is 19.1. The van der Waals surface area contributed by atoms with Crippen LogP contribution in [0.3, 0.4) is 0 Å². The number of aryl methyl sites for hydroxylation is 1. The summed E-state index contributed by atoms with van der Waals surface area (Å²) >= 11 is 5.09. The van der Waals surface area contributed by atoms with E-state index in [4.69, 9.17) is 4.52 Å². The molecule has 3 rings (SSSR count). The molecule has 0 spiro atoms. The summed E-state index contributed by atoms with van der Waals surface area (Å²) in [5, 5.41) is 3.97. The van der Waals surface area contributed by atoms with Crippen molar-refractivity contribution in [3.05, 3.63) is 34.1 Å². The standard InChI is InChI=1S/C13H11BrN2O2S/c1-7-2-3-8(4-10(7)14)12-15-13(18-16-12)9-5-19-6-11(9)17/h2-4,9H,5-6H2,1H3. The molecule has 1 unspecified atom stereocenters. The van der Waals surface area contributed by atoms with E-state index >= 15 is 0 Å². The van der Waals surface area contributed by atoms with Gasteiger partial charge in [-0.1, -0.05) is 33.2 Å². The molecule has 1 aliphatic heterocycles. The first-order valence-electron chi connectivity index (χ1n) is 5.86. The Labute approximate surface area is 123 Å². The van der Waals surface area contributed by atoms with Crippen LogP contribution in [0.2, 0.25) is 0 Å². The van der Waals surface area contributed by atoms with Crippen LogP contribution in [0.15, 0.2) is 27.2 Å². The Hall–Kier alpha value is -1.14. The molecule has 19 heavy (non-hydrogen) atoms. The van der Waals surface area contributed by atoms with Crippen LogP contribution in [-0.2, 0) is 4.79 Å². The quantitative estimate of drug-likeness (QED) is 0.841. The van der Waals surface area contributed by atoms with Crippen molar-refractivity contribution in [1.82, 2.24) is 10.1 Å². The maximum Gasteiger partial charge on any atom is 0.238 e. The Morgan fingerprint density at radius 3 is 3.00 bits per heavy atom. The van der Waals surface area contributed by atoms with E-state index in [1.165, 1.54) is 0 Å². The van der Waals surface area contributed by atoms with E-state index < -0.39 is 0 Å². The van der Waals surface area contributed by atoms with E-state index in [2.05, 4.69) is 26.1 Å². The van der Waals surface area contributed by atoms with E-state index in [9.17, 15) is 4.79 Å². The van der Waals surface area contributed by atoms with Crippen molar-refractivity contribution in [3.63, 3.8) is 0 Å². The van der Waals surface area contributed by atoms with Gasteiger partial charge in [-0.15, -0.1) is 0 Å². The van der Waals surface area contributed by atoms with Gasteiger partial charge in [0.2, 0.25) is 11.7 Å². The first-order chi connectivity index (χ1) is 9.15. The van der Waals surface area contributed by atoms with Crippen LogP contribution in [0.1, 0.15) is 17.4 Å². The molecule has 1 atom stereocenters. The number of hydrogen-bond donors (Lipinski definition) is 0.